The molecule has 0 saturated heterocycles. The largest absolute Gasteiger partial charge is 0.497 e. The monoisotopic (exact) mass is 338 g/mol. The summed E-state index contributed by atoms with van der Waals surface area (Å²) in [5.41, 5.74) is 2.45. The van der Waals surface area contributed by atoms with Gasteiger partial charge in [0.1, 0.15) is 5.75 Å². The van der Waals surface area contributed by atoms with E-state index in [4.69, 9.17) is 4.74 Å². The maximum absolute atomic E-state index is 12.2. The molecule has 2 amide bonds. The SMILES string of the molecule is CNC(=O)c1ccc(CN(C)C(=O)/C=C/c2cccc(OC)c2)cc1. The molecular weight excluding hydrogens is 316 g/mol. The summed E-state index contributed by atoms with van der Waals surface area (Å²) in [6, 6.07) is 14.7. The normalized spacial score (nSPS) is 10.5. The van der Waals surface area contributed by atoms with E-state index in [1.165, 1.54) is 6.08 Å². The zero-order valence-corrected chi connectivity index (χ0v) is 14.7. The summed E-state index contributed by atoms with van der Waals surface area (Å²) in [6.45, 7) is 0.468. The van der Waals surface area contributed by atoms with Gasteiger partial charge in [0.05, 0.1) is 7.11 Å². The Morgan fingerprint density at radius 1 is 1.16 bits per heavy atom. The van der Waals surface area contributed by atoms with Gasteiger partial charge in [-0.1, -0.05) is 24.3 Å². The highest BCUT2D eigenvalue weighted by atomic mass is 16.5. The van der Waals surface area contributed by atoms with Gasteiger partial charge >= 0.3 is 0 Å². The Morgan fingerprint density at radius 2 is 1.88 bits per heavy atom. The van der Waals surface area contributed by atoms with Gasteiger partial charge in [0.25, 0.3) is 5.91 Å². The van der Waals surface area contributed by atoms with Gasteiger partial charge in [-0.2, -0.15) is 0 Å². The van der Waals surface area contributed by atoms with E-state index in [1.54, 1.807) is 44.3 Å². The second kappa shape index (κ2) is 8.68. The van der Waals surface area contributed by atoms with Crippen molar-refractivity contribution in [3.8, 4) is 5.75 Å². The molecule has 0 fully saturated rings. The lowest BCUT2D eigenvalue weighted by atomic mass is 10.1. The van der Waals surface area contributed by atoms with Crippen LogP contribution in [0.15, 0.2) is 54.6 Å². The minimum Gasteiger partial charge on any atom is -0.497 e. The number of likely N-dealkylation sites (N-methyl/N-ethyl adjacent to an activating group) is 1. The van der Waals surface area contributed by atoms with Crippen LogP contribution in [0.5, 0.6) is 5.75 Å². The first-order chi connectivity index (χ1) is 12.0. The molecule has 2 rings (SSSR count). The second-order valence-electron chi connectivity index (χ2n) is 5.58. The van der Waals surface area contributed by atoms with Crippen molar-refractivity contribution in [3.05, 3.63) is 71.3 Å². The molecular formula is C20H22N2O3. The molecule has 25 heavy (non-hydrogen) atoms. The van der Waals surface area contributed by atoms with Crippen LogP contribution in [0, 0.1) is 0 Å². The zero-order valence-electron chi connectivity index (χ0n) is 14.7. The van der Waals surface area contributed by atoms with Gasteiger partial charge < -0.3 is 15.0 Å². The fourth-order valence-electron chi connectivity index (χ4n) is 2.30. The van der Waals surface area contributed by atoms with Gasteiger partial charge in [0.15, 0.2) is 0 Å². The minimum absolute atomic E-state index is 0.0989. The van der Waals surface area contributed by atoms with Crippen molar-refractivity contribution in [1.82, 2.24) is 10.2 Å². The van der Waals surface area contributed by atoms with Crippen molar-refractivity contribution >= 4 is 17.9 Å². The second-order valence-corrected chi connectivity index (χ2v) is 5.58. The van der Waals surface area contributed by atoms with Crippen molar-refractivity contribution in [3.63, 3.8) is 0 Å². The van der Waals surface area contributed by atoms with Crippen LogP contribution in [0.25, 0.3) is 6.08 Å². The maximum Gasteiger partial charge on any atom is 0.251 e. The molecule has 5 heteroatoms. The summed E-state index contributed by atoms with van der Waals surface area (Å²) in [7, 11) is 4.94. The van der Waals surface area contributed by atoms with Crippen LogP contribution in [0.2, 0.25) is 0 Å². The predicted octanol–water partition coefficient (Wildman–Crippen LogP) is 2.73. The first-order valence-corrected chi connectivity index (χ1v) is 7.91. The molecule has 0 radical (unpaired) electrons. The van der Waals surface area contributed by atoms with Gasteiger partial charge in [-0.15, -0.1) is 0 Å². The van der Waals surface area contributed by atoms with Crippen LogP contribution >= 0.6 is 0 Å². The Kier molecular flexibility index (Phi) is 6.34. The number of rotatable bonds is 6. The Bertz CT molecular complexity index is 767. The molecule has 0 saturated carbocycles. The van der Waals surface area contributed by atoms with Crippen molar-refractivity contribution in [2.45, 2.75) is 6.54 Å². The molecule has 0 unspecified atom stereocenters. The highest BCUT2D eigenvalue weighted by Gasteiger charge is 2.07. The first-order valence-electron chi connectivity index (χ1n) is 7.91. The highest BCUT2D eigenvalue weighted by Crippen LogP contribution is 2.14. The lowest BCUT2D eigenvalue weighted by Gasteiger charge is -2.15. The quantitative estimate of drug-likeness (QED) is 0.824. The summed E-state index contributed by atoms with van der Waals surface area (Å²) in [5, 5.41) is 2.58. The molecule has 0 aliphatic heterocycles. The van der Waals surface area contributed by atoms with Crippen LogP contribution in [-0.2, 0) is 11.3 Å². The minimum atomic E-state index is -0.128. The van der Waals surface area contributed by atoms with Crippen molar-refractivity contribution < 1.29 is 14.3 Å². The molecule has 0 bridgehead atoms. The van der Waals surface area contributed by atoms with Crippen LogP contribution < -0.4 is 10.1 Å². The number of carbonyl (C=O) groups is 2. The van der Waals surface area contributed by atoms with Gasteiger partial charge in [-0.3, -0.25) is 9.59 Å². The fourth-order valence-corrected chi connectivity index (χ4v) is 2.30. The van der Waals surface area contributed by atoms with Crippen molar-refractivity contribution in [2.24, 2.45) is 0 Å². The standard InChI is InChI=1S/C20H22N2O3/c1-21-20(24)17-10-7-16(8-11-17)14-22(2)19(23)12-9-15-5-4-6-18(13-15)25-3/h4-13H,14H2,1-3H3,(H,21,24)/b12-9+. The highest BCUT2D eigenvalue weighted by molar-refractivity contribution is 5.94. The van der Waals surface area contributed by atoms with E-state index in [9.17, 15) is 9.59 Å². The van der Waals surface area contributed by atoms with Gasteiger partial charge in [-0.25, -0.2) is 0 Å². The smallest absolute Gasteiger partial charge is 0.251 e. The summed E-state index contributed by atoms with van der Waals surface area (Å²) in [4.78, 5) is 25.4. The van der Waals surface area contributed by atoms with Crippen LogP contribution in [0.4, 0.5) is 0 Å². The van der Waals surface area contributed by atoms with E-state index in [1.807, 2.05) is 36.4 Å². The number of methoxy groups -OCH3 is 1. The Morgan fingerprint density at radius 3 is 2.52 bits per heavy atom. The first kappa shape index (κ1) is 18.3. The van der Waals surface area contributed by atoms with Crippen molar-refractivity contribution in [1.29, 1.82) is 0 Å². The zero-order chi connectivity index (χ0) is 18.2. The maximum atomic E-state index is 12.2. The lowest BCUT2D eigenvalue weighted by molar-refractivity contribution is -0.125. The predicted molar refractivity (Wildman–Crippen MR) is 98.3 cm³/mol. The molecule has 0 aliphatic rings. The summed E-state index contributed by atoms with van der Waals surface area (Å²) in [6.07, 6.45) is 3.30. The molecule has 0 heterocycles. The Balaban J connectivity index is 1.97. The third kappa shape index (κ3) is 5.21. The molecule has 0 aromatic heterocycles. The van der Waals surface area contributed by atoms with Crippen molar-refractivity contribution in [2.75, 3.05) is 21.2 Å². The average molecular weight is 338 g/mol. The third-order valence-electron chi connectivity index (χ3n) is 3.75. The fraction of sp³-hybridized carbons (Fsp3) is 0.200. The van der Waals surface area contributed by atoms with Crippen LogP contribution in [-0.4, -0.2) is 37.9 Å². The van der Waals surface area contributed by atoms with Gasteiger partial charge in [0, 0.05) is 32.3 Å². The molecule has 0 aliphatic carbocycles. The Hall–Kier alpha value is -3.08. The Labute approximate surface area is 147 Å². The van der Waals surface area contributed by atoms with Crippen LogP contribution in [0.1, 0.15) is 21.5 Å². The third-order valence-corrected chi connectivity index (χ3v) is 3.75. The van der Waals surface area contributed by atoms with E-state index >= 15 is 0 Å². The molecule has 1 N–H and O–H groups in total. The molecule has 2 aromatic rings. The number of amides is 2. The molecule has 0 spiro atoms. The van der Waals surface area contributed by atoms with E-state index in [2.05, 4.69) is 5.32 Å². The van der Waals surface area contributed by atoms with Crippen LogP contribution in [0.3, 0.4) is 0 Å². The number of ether oxygens (including phenoxy) is 1. The molecule has 0 atom stereocenters. The number of nitrogens with one attached hydrogen (secondary N) is 1. The average Bonchev–Trinajstić information content (AvgIpc) is 2.66. The number of benzene rings is 2. The van der Waals surface area contributed by atoms with E-state index in [0.29, 0.717) is 12.1 Å². The van der Waals surface area contributed by atoms with E-state index < -0.39 is 0 Å². The summed E-state index contributed by atoms with van der Waals surface area (Å²) < 4.78 is 5.16. The number of carbonyl (C=O) groups excluding carboxylic acids is 2. The molecule has 2 aromatic carbocycles. The molecule has 130 valence electrons. The summed E-state index contributed by atoms with van der Waals surface area (Å²) in [5.74, 6) is 0.523. The molecule has 5 nitrogen and oxygen atoms in total. The number of hydrogen-bond donors (Lipinski definition) is 1. The van der Waals surface area contributed by atoms with Gasteiger partial charge in [0.2, 0.25) is 5.91 Å². The summed E-state index contributed by atoms with van der Waals surface area (Å²) >= 11 is 0. The lowest BCUT2D eigenvalue weighted by Crippen LogP contribution is -2.24. The number of nitrogens with zero attached hydrogens (tertiary/aromatic N) is 1. The number of hydrogen-bond acceptors (Lipinski definition) is 3. The van der Waals surface area contributed by atoms with E-state index in [0.717, 1.165) is 16.9 Å². The van der Waals surface area contributed by atoms with E-state index in [-0.39, 0.29) is 11.8 Å². The topological polar surface area (TPSA) is 58.6 Å². The van der Waals surface area contributed by atoms with Gasteiger partial charge in [-0.05, 0) is 41.5 Å².